The average Bonchev–Trinajstić information content (AvgIpc) is 3.03. The minimum Gasteiger partial charge on any atom is -0.309 e. The first-order valence-electron chi connectivity index (χ1n) is 7.44. The fourth-order valence-corrected chi connectivity index (χ4v) is 3.19. The molecule has 0 amide bonds. The van der Waals surface area contributed by atoms with E-state index >= 15 is 0 Å². The van der Waals surface area contributed by atoms with Gasteiger partial charge in [0.15, 0.2) is 0 Å². The highest BCUT2D eigenvalue weighted by atomic mass is 15.1. The van der Waals surface area contributed by atoms with Crippen LogP contribution in [0.15, 0.2) is 12.1 Å². The Kier molecular flexibility index (Phi) is 3.38. The third-order valence-electron chi connectivity index (χ3n) is 4.48. The molecule has 1 saturated heterocycles. The van der Waals surface area contributed by atoms with Crippen molar-refractivity contribution in [3.05, 3.63) is 40.2 Å². The molecule has 2 heterocycles. The van der Waals surface area contributed by atoms with E-state index in [1.54, 1.807) is 0 Å². The second-order valence-corrected chi connectivity index (χ2v) is 6.01. The van der Waals surface area contributed by atoms with E-state index in [1.807, 2.05) is 0 Å². The smallest absolute Gasteiger partial charge is 0.0872 e. The van der Waals surface area contributed by atoms with Gasteiger partial charge in [-0.15, -0.1) is 0 Å². The van der Waals surface area contributed by atoms with Crippen LogP contribution in [0.4, 0.5) is 0 Å². The molecule has 1 aliphatic heterocycles. The number of aromatic nitrogens is 2. The summed E-state index contributed by atoms with van der Waals surface area (Å²) in [5, 5.41) is 11.3. The van der Waals surface area contributed by atoms with Crippen LogP contribution in [-0.4, -0.2) is 16.7 Å². The second kappa shape index (κ2) is 5.06. The summed E-state index contributed by atoms with van der Waals surface area (Å²) in [6, 6.07) is 4.99. The van der Waals surface area contributed by atoms with E-state index in [0.29, 0.717) is 6.04 Å². The summed E-state index contributed by atoms with van der Waals surface area (Å²) in [5.74, 6) is 0. The molecular formula is C17H23N3. The number of hydrogen-bond acceptors (Lipinski definition) is 2. The molecule has 0 radical (unpaired) electrons. The van der Waals surface area contributed by atoms with Gasteiger partial charge in [0.25, 0.3) is 0 Å². The number of benzene rings is 1. The standard InChI is InChI=1S/C17H23N3/c1-10-8-12(3)14(9-11(10)2)16-13(4)19-20-17(16)15-6-5-7-18-15/h8-9,15,18H,5-7H2,1-4H3,(H,19,20). The SMILES string of the molecule is Cc1cc(C)c(-c2c(C3CCCN3)n[nH]c2C)cc1C. The first kappa shape index (κ1) is 13.4. The topological polar surface area (TPSA) is 40.7 Å². The highest BCUT2D eigenvalue weighted by Crippen LogP contribution is 2.35. The maximum atomic E-state index is 4.58. The summed E-state index contributed by atoms with van der Waals surface area (Å²) in [4.78, 5) is 0. The summed E-state index contributed by atoms with van der Waals surface area (Å²) in [5.41, 5.74) is 9.00. The molecule has 3 nitrogen and oxygen atoms in total. The molecular weight excluding hydrogens is 246 g/mol. The van der Waals surface area contributed by atoms with Gasteiger partial charge < -0.3 is 5.32 Å². The van der Waals surface area contributed by atoms with Crippen molar-refractivity contribution in [2.75, 3.05) is 6.54 Å². The summed E-state index contributed by atoms with van der Waals surface area (Å²) >= 11 is 0. The lowest BCUT2D eigenvalue weighted by Gasteiger charge is -2.14. The van der Waals surface area contributed by atoms with Gasteiger partial charge in [-0.1, -0.05) is 12.1 Å². The Labute approximate surface area is 120 Å². The van der Waals surface area contributed by atoms with E-state index in [1.165, 1.54) is 52.0 Å². The molecule has 1 unspecified atom stereocenters. The van der Waals surface area contributed by atoms with Crippen molar-refractivity contribution in [3.8, 4) is 11.1 Å². The Bertz CT molecular complexity index is 634. The van der Waals surface area contributed by atoms with Crippen molar-refractivity contribution in [2.45, 2.75) is 46.6 Å². The van der Waals surface area contributed by atoms with Crippen LogP contribution in [0.3, 0.4) is 0 Å². The Morgan fingerprint density at radius 1 is 1.05 bits per heavy atom. The number of H-pyrrole nitrogens is 1. The highest BCUT2D eigenvalue weighted by Gasteiger charge is 2.24. The van der Waals surface area contributed by atoms with E-state index in [-0.39, 0.29) is 0 Å². The molecule has 3 rings (SSSR count). The quantitative estimate of drug-likeness (QED) is 0.872. The van der Waals surface area contributed by atoms with E-state index in [4.69, 9.17) is 0 Å². The highest BCUT2D eigenvalue weighted by molar-refractivity contribution is 5.73. The van der Waals surface area contributed by atoms with Crippen LogP contribution in [-0.2, 0) is 0 Å². The van der Waals surface area contributed by atoms with Crippen molar-refractivity contribution in [3.63, 3.8) is 0 Å². The summed E-state index contributed by atoms with van der Waals surface area (Å²) < 4.78 is 0. The molecule has 0 aliphatic carbocycles. The first-order valence-corrected chi connectivity index (χ1v) is 7.44. The van der Waals surface area contributed by atoms with Crippen molar-refractivity contribution in [2.24, 2.45) is 0 Å². The Morgan fingerprint density at radius 2 is 1.80 bits per heavy atom. The lowest BCUT2D eigenvalue weighted by molar-refractivity contribution is 0.626. The van der Waals surface area contributed by atoms with Gasteiger partial charge in [-0.05, 0) is 69.3 Å². The fraction of sp³-hybridized carbons (Fsp3) is 0.471. The van der Waals surface area contributed by atoms with E-state index in [0.717, 1.165) is 6.54 Å². The van der Waals surface area contributed by atoms with Crippen LogP contribution in [0, 0.1) is 27.7 Å². The van der Waals surface area contributed by atoms with E-state index in [2.05, 4.69) is 55.3 Å². The summed E-state index contributed by atoms with van der Waals surface area (Å²) in [7, 11) is 0. The van der Waals surface area contributed by atoms with Gasteiger partial charge in [-0.3, -0.25) is 5.10 Å². The van der Waals surface area contributed by atoms with Crippen LogP contribution < -0.4 is 5.32 Å². The molecule has 1 aromatic heterocycles. The molecule has 20 heavy (non-hydrogen) atoms. The maximum absolute atomic E-state index is 4.58. The molecule has 1 fully saturated rings. The maximum Gasteiger partial charge on any atom is 0.0872 e. The van der Waals surface area contributed by atoms with Gasteiger partial charge in [0.1, 0.15) is 0 Å². The minimum atomic E-state index is 0.399. The van der Waals surface area contributed by atoms with Crippen molar-refractivity contribution >= 4 is 0 Å². The molecule has 2 N–H and O–H groups in total. The van der Waals surface area contributed by atoms with Gasteiger partial charge in [0.05, 0.1) is 11.7 Å². The van der Waals surface area contributed by atoms with Gasteiger partial charge >= 0.3 is 0 Å². The second-order valence-electron chi connectivity index (χ2n) is 6.01. The molecule has 0 saturated carbocycles. The lowest BCUT2D eigenvalue weighted by Crippen LogP contribution is -2.14. The van der Waals surface area contributed by atoms with Crippen molar-refractivity contribution in [1.82, 2.24) is 15.5 Å². The summed E-state index contributed by atoms with van der Waals surface area (Å²) in [6.07, 6.45) is 2.42. The van der Waals surface area contributed by atoms with Gasteiger partial charge in [-0.2, -0.15) is 5.10 Å². The Morgan fingerprint density at radius 3 is 2.50 bits per heavy atom. The van der Waals surface area contributed by atoms with Gasteiger partial charge in [-0.25, -0.2) is 0 Å². The first-order chi connectivity index (χ1) is 9.58. The van der Waals surface area contributed by atoms with Crippen LogP contribution in [0.25, 0.3) is 11.1 Å². The number of aryl methyl sites for hydroxylation is 4. The zero-order chi connectivity index (χ0) is 14.3. The number of hydrogen-bond donors (Lipinski definition) is 2. The third kappa shape index (κ3) is 2.16. The molecule has 1 atom stereocenters. The monoisotopic (exact) mass is 269 g/mol. The molecule has 0 bridgehead atoms. The van der Waals surface area contributed by atoms with Crippen LogP contribution >= 0.6 is 0 Å². The molecule has 1 aromatic carbocycles. The Hall–Kier alpha value is -1.61. The number of aromatic amines is 1. The molecule has 3 heteroatoms. The summed E-state index contributed by atoms with van der Waals surface area (Å²) in [6.45, 7) is 9.77. The van der Waals surface area contributed by atoms with E-state index in [9.17, 15) is 0 Å². The Balaban J connectivity index is 2.14. The van der Waals surface area contributed by atoms with Crippen LogP contribution in [0.1, 0.15) is 47.0 Å². The average molecular weight is 269 g/mol. The lowest BCUT2D eigenvalue weighted by atomic mass is 9.92. The van der Waals surface area contributed by atoms with Gasteiger partial charge in [0.2, 0.25) is 0 Å². The minimum absolute atomic E-state index is 0.399. The van der Waals surface area contributed by atoms with Crippen molar-refractivity contribution in [1.29, 1.82) is 0 Å². The number of nitrogens with zero attached hydrogens (tertiary/aromatic N) is 1. The van der Waals surface area contributed by atoms with Crippen molar-refractivity contribution < 1.29 is 0 Å². The number of nitrogens with one attached hydrogen (secondary N) is 2. The van der Waals surface area contributed by atoms with Crippen LogP contribution in [0.2, 0.25) is 0 Å². The van der Waals surface area contributed by atoms with Gasteiger partial charge in [0, 0.05) is 11.3 Å². The molecule has 2 aromatic rings. The normalized spacial score (nSPS) is 18.7. The molecule has 1 aliphatic rings. The third-order valence-corrected chi connectivity index (χ3v) is 4.48. The zero-order valence-corrected chi connectivity index (χ0v) is 12.8. The van der Waals surface area contributed by atoms with E-state index < -0.39 is 0 Å². The zero-order valence-electron chi connectivity index (χ0n) is 12.8. The van der Waals surface area contributed by atoms with Crippen LogP contribution in [0.5, 0.6) is 0 Å². The molecule has 106 valence electrons. The fourth-order valence-electron chi connectivity index (χ4n) is 3.19. The largest absolute Gasteiger partial charge is 0.309 e. The predicted molar refractivity (Wildman–Crippen MR) is 82.9 cm³/mol. The predicted octanol–water partition coefficient (Wildman–Crippen LogP) is 3.73. The number of rotatable bonds is 2. The molecule has 0 spiro atoms.